The summed E-state index contributed by atoms with van der Waals surface area (Å²) < 4.78 is 4.45. The van der Waals surface area contributed by atoms with Gasteiger partial charge in [0.1, 0.15) is 6.34 Å². The highest BCUT2D eigenvalue weighted by atomic mass is 35.5. The number of halogens is 1. The summed E-state index contributed by atoms with van der Waals surface area (Å²) in [5.41, 5.74) is 2.07. The molecule has 3 nitrogen and oxygen atoms in total. The van der Waals surface area contributed by atoms with Gasteiger partial charge in [0, 0.05) is 37.3 Å². The minimum absolute atomic E-state index is 0.757. The number of aliphatic imine (C=N–C) groups is 1. The lowest BCUT2D eigenvalue weighted by atomic mass is 10.2. The van der Waals surface area contributed by atoms with Crippen molar-refractivity contribution >= 4 is 35.8 Å². The molecule has 0 bridgehead atoms. The normalized spacial score (nSPS) is 17.0. The fourth-order valence-electron chi connectivity index (χ4n) is 2.06. The topological polar surface area (TPSA) is 18.8 Å². The van der Waals surface area contributed by atoms with Gasteiger partial charge in [-0.2, -0.15) is 0 Å². The van der Waals surface area contributed by atoms with Gasteiger partial charge in [0.05, 0.1) is 5.69 Å². The minimum Gasteiger partial charge on any atom is -0.297 e. The Kier molecular flexibility index (Phi) is 5.55. The summed E-state index contributed by atoms with van der Waals surface area (Å²) in [6.45, 7) is 4.36. The molecule has 1 aromatic rings. The second kappa shape index (κ2) is 7.17. The van der Waals surface area contributed by atoms with Crippen molar-refractivity contribution in [1.29, 1.82) is 0 Å². The monoisotopic (exact) mass is 297 g/mol. The molecule has 0 unspecified atom stereocenters. The predicted octanol–water partition coefficient (Wildman–Crippen LogP) is 4.29. The number of rotatable bonds is 4. The van der Waals surface area contributed by atoms with E-state index in [-0.39, 0.29) is 0 Å². The third-order valence-corrected chi connectivity index (χ3v) is 4.26. The highest BCUT2D eigenvalue weighted by molar-refractivity contribution is 7.95. The van der Waals surface area contributed by atoms with Crippen LogP contribution in [0.4, 0.5) is 5.69 Å². The summed E-state index contributed by atoms with van der Waals surface area (Å²) in [6.07, 6.45) is 5.83. The van der Waals surface area contributed by atoms with Gasteiger partial charge in [-0.25, -0.2) is 9.30 Å². The van der Waals surface area contributed by atoms with Gasteiger partial charge in [-0.15, -0.1) is 0 Å². The Labute approximate surface area is 124 Å². The largest absolute Gasteiger partial charge is 0.297 e. The molecule has 0 radical (unpaired) electrons. The summed E-state index contributed by atoms with van der Waals surface area (Å²) in [4.78, 5) is 4.51. The standard InChI is InChI=1S/C14H20ClN3S/c1-12-10-13(15)6-7-14(12)16-11-17(2)19-18-8-4-3-5-9-18/h6-7,10-11H,3-5,8-9H2,1-2H3. The van der Waals surface area contributed by atoms with Crippen LogP contribution in [0.25, 0.3) is 0 Å². The van der Waals surface area contributed by atoms with Crippen LogP contribution in [0.5, 0.6) is 0 Å². The average Bonchev–Trinajstić information content (AvgIpc) is 2.39. The number of hydrogen-bond acceptors (Lipinski definition) is 3. The van der Waals surface area contributed by atoms with Crippen molar-refractivity contribution in [2.75, 3.05) is 20.1 Å². The Morgan fingerprint density at radius 3 is 2.74 bits per heavy atom. The Hall–Kier alpha value is -0.710. The van der Waals surface area contributed by atoms with Crippen LogP contribution in [0.15, 0.2) is 23.2 Å². The molecule has 0 aromatic heterocycles. The maximum atomic E-state index is 5.94. The molecule has 0 aliphatic carbocycles. The molecule has 1 aliphatic heterocycles. The molecule has 19 heavy (non-hydrogen) atoms. The van der Waals surface area contributed by atoms with Crippen LogP contribution < -0.4 is 0 Å². The van der Waals surface area contributed by atoms with Crippen molar-refractivity contribution in [1.82, 2.24) is 8.61 Å². The Morgan fingerprint density at radius 2 is 2.05 bits per heavy atom. The smallest absolute Gasteiger partial charge is 0.102 e. The van der Waals surface area contributed by atoms with E-state index in [1.165, 1.54) is 32.4 Å². The molecule has 0 amide bonds. The molecule has 1 saturated heterocycles. The van der Waals surface area contributed by atoms with Crippen molar-refractivity contribution in [3.05, 3.63) is 28.8 Å². The van der Waals surface area contributed by atoms with Crippen molar-refractivity contribution in [2.24, 2.45) is 4.99 Å². The number of aryl methyl sites for hydroxylation is 1. The van der Waals surface area contributed by atoms with E-state index in [0.717, 1.165) is 16.3 Å². The first-order valence-corrected chi connectivity index (χ1v) is 7.72. The van der Waals surface area contributed by atoms with E-state index in [1.54, 1.807) is 12.1 Å². The maximum Gasteiger partial charge on any atom is 0.102 e. The van der Waals surface area contributed by atoms with Gasteiger partial charge in [-0.05, 0) is 43.5 Å². The number of hydrogen-bond donors (Lipinski definition) is 0. The van der Waals surface area contributed by atoms with E-state index in [2.05, 4.69) is 13.6 Å². The third-order valence-electron chi connectivity index (χ3n) is 3.08. The number of piperidine rings is 1. The van der Waals surface area contributed by atoms with Gasteiger partial charge in [0.2, 0.25) is 0 Å². The first kappa shape index (κ1) is 14.7. The van der Waals surface area contributed by atoms with E-state index < -0.39 is 0 Å². The lowest BCUT2D eigenvalue weighted by Gasteiger charge is -2.27. The van der Waals surface area contributed by atoms with Crippen LogP contribution in [0.3, 0.4) is 0 Å². The number of benzene rings is 1. The molecule has 1 fully saturated rings. The molecule has 2 rings (SSSR count). The first-order valence-electron chi connectivity index (χ1n) is 6.61. The Bertz CT molecular complexity index is 444. The summed E-state index contributed by atoms with van der Waals surface area (Å²) in [5.74, 6) is 0. The van der Waals surface area contributed by atoms with E-state index in [9.17, 15) is 0 Å². The molecule has 1 aromatic carbocycles. The highest BCUT2D eigenvalue weighted by Gasteiger charge is 2.11. The van der Waals surface area contributed by atoms with Gasteiger partial charge in [-0.3, -0.25) is 4.31 Å². The highest BCUT2D eigenvalue weighted by Crippen LogP contribution is 2.23. The van der Waals surface area contributed by atoms with Crippen LogP contribution in [-0.4, -0.2) is 35.1 Å². The molecular weight excluding hydrogens is 278 g/mol. The number of nitrogens with zero attached hydrogens (tertiary/aromatic N) is 3. The van der Waals surface area contributed by atoms with Gasteiger partial charge >= 0.3 is 0 Å². The fraction of sp³-hybridized carbons (Fsp3) is 0.500. The molecule has 0 spiro atoms. The first-order chi connectivity index (χ1) is 9.15. The summed E-state index contributed by atoms with van der Waals surface area (Å²) in [6, 6.07) is 5.76. The van der Waals surface area contributed by atoms with Crippen molar-refractivity contribution in [2.45, 2.75) is 26.2 Å². The summed E-state index contributed by atoms with van der Waals surface area (Å²) in [7, 11) is 2.04. The SMILES string of the molecule is Cc1cc(Cl)ccc1N=CN(C)SN1CCCCC1. The third kappa shape index (κ3) is 4.71. The summed E-state index contributed by atoms with van der Waals surface area (Å²) >= 11 is 7.68. The average molecular weight is 298 g/mol. The molecule has 5 heteroatoms. The minimum atomic E-state index is 0.757. The van der Waals surface area contributed by atoms with Gasteiger partial charge < -0.3 is 0 Å². The lowest BCUT2D eigenvalue weighted by molar-refractivity contribution is 0.374. The van der Waals surface area contributed by atoms with Crippen LogP contribution >= 0.6 is 23.7 Å². The quantitative estimate of drug-likeness (QED) is 0.469. The fourth-order valence-corrected chi connectivity index (χ4v) is 3.16. The molecule has 104 valence electrons. The van der Waals surface area contributed by atoms with Crippen molar-refractivity contribution in [3.63, 3.8) is 0 Å². The van der Waals surface area contributed by atoms with Gasteiger partial charge in [0.25, 0.3) is 0 Å². The second-order valence-electron chi connectivity index (χ2n) is 4.79. The predicted molar refractivity (Wildman–Crippen MR) is 85.1 cm³/mol. The molecule has 1 heterocycles. The zero-order valence-electron chi connectivity index (χ0n) is 11.5. The second-order valence-corrected chi connectivity index (χ2v) is 6.48. The van der Waals surface area contributed by atoms with E-state index in [0.29, 0.717) is 0 Å². The molecule has 0 saturated carbocycles. The van der Waals surface area contributed by atoms with E-state index in [1.807, 2.05) is 38.5 Å². The van der Waals surface area contributed by atoms with Gasteiger partial charge in [-0.1, -0.05) is 18.0 Å². The lowest BCUT2D eigenvalue weighted by Crippen LogP contribution is -2.27. The molecule has 0 atom stereocenters. The maximum absolute atomic E-state index is 5.94. The van der Waals surface area contributed by atoms with Crippen LogP contribution in [0, 0.1) is 6.92 Å². The van der Waals surface area contributed by atoms with Crippen molar-refractivity contribution in [3.8, 4) is 0 Å². The van der Waals surface area contributed by atoms with Gasteiger partial charge in [0.15, 0.2) is 0 Å². The molecule has 1 aliphatic rings. The van der Waals surface area contributed by atoms with Crippen molar-refractivity contribution < 1.29 is 0 Å². The zero-order chi connectivity index (χ0) is 13.7. The van der Waals surface area contributed by atoms with Crippen LogP contribution in [-0.2, 0) is 0 Å². The van der Waals surface area contributed by atoms with Crippen LogP contribution in [0.2, 0.25) is 5.02 Å². The Balaban J connectivity index is 1.89. The zero-order valence-corrected chi connectivity index (χ0v) is 13.0. The van der Waals surface area contributed by atoms with E-state index in [4.69, 9.17) is 11.6 Å². The van der Waals surface area contributed by atoms with E-state index >= 15 is 0 Å². The summed E-state index contributed by atoms with van der Waals surface area (Å²) in [5, 5.41) is 0.757. The molecular formula is C14H20ClN3S. The Morgan fingerprint density at radius 1 is 1.32 bits per heavy atom. The van der Waals surface area contributed by atoms with Crippen LogP contribution in [0.1, 0.15) is 24.8 Å². The molecule has 0 N–H and O–H groups in total.